The predicted molar refractivity (Wildman–Crippen MR) is 75.6 cm³/mol. The summed E-state index contributed by atoms with van der Waals surface area (Å²) in [5.74, 6) is -0.471. The molecule has 104 valence electrons. The Balaban J connectivity index is 1.77. The topological polar surface area (TPSA) is 59.5 Å². The molecule has 5 nitrogen and oxygen atoms in total. The molecule has 2 aromatic rings. The molecular weight excluding hydrogens is 276 g/mol. The lowest BCUT2D eigenvalue weighted by atomic mass is 10.1. The molecule has 0 saturated carbocycles. The Labute approximate surface area is 120 Å². The lowest BCUT2D eigenvalue weighted by Gasteiger charge is -2.16. The zero-order valence-electron chi connectivity index (χ0n) is 11.0. The van der Waals surface area contributed by atoms with E-state index < -0.39 is 0 Å². The van der Waals surface area contributed by atoms with Crippen LogP contribution in [0.15, 0.2) is 23.7 Å². The van der Waals surface area contributed by atoms with E-state index in [0.717, 1.165) is 10.2 Å². The molecule has 20 heavy (non-hydrogen) atoms. The van der Waals surface area contributed by atoms with Crippen molar-refractivity contribution in [3.05, 3.63) is 29.3 Å². The van der Waals surface area contributed by atoms with Gasteiger partial charge in [-0.25, -0.2) is 4.98 Å². The molecule has 1 amide bonds. The quantitative estimate of drug-likeness (QED) is 0.793. The van der Waals surface area contributed by atoms with Crippen LogP contribution in [-0.4, -0.2) is 42.0 Å². The molecule has 1 aromatic heterocycles. The van der Waals surface area contributed by atoms with E-state index in [1.54, 1.807) is 16.5 Å². The number of likely N-dealkylation sites (tertiary alicyclic amines) is 1. The van der Waals surface area contributed by atoms with Crippen LogP contribution in [0.25, 0.3) is 10.2 Å². The normalized spacial score (nSPS) is 18.4. The largest absolute Gasteiger partial charge is 0.469 e. The van der Waals surface area contributed by atoms with Crippen molar-refractivity contribution >= 4 is 33.4 Å². The summed E-state index contributed by atoms with van der Waals surface area (Å²) in [7, 11) is 1.38. The van der Waals surface area contributed by atoms with Gasteiger partial charge >= 0.3 is 5.97 Å². The number of fused-ring (bicyclic) bond motifs is 1. The number of carbonyl (C=O) groups excluding carboxylic acids is 2. The number of esters is 1. The van der Waals surface area contributed by atoms with Crippen LogP contribution in [0, 0.1) is 5.92 Å². The van der Waals surface area contributed by atoms with Crippen LogP contribution in [-0.2, 0) is 9.53 Å². The highest BCUT2D eigenvalue weighted by molar-refractivity contribution is 7.16. The number of methoxy groups -OCH3 is 1. The van der Waals surface area contributed by atoms with E-state index in [4.69, 9.17) is 4.74 Å². The first-order valence-corrected chi connectivity index (χ1v) is 7.27. The monoisotopic (exact) mass is 290 g/mol. The average Bonchev–Trinajstić information content (AvgIpc) is 3.13. The van der Waals surface area contributed by atoms with Gasteiger partial charge in [-0.2, -0.15) is 0 Å². The number of hydrogen-bond acceptors (Lipinski definition) is 5. The Bertz CT molecular complexity index is 667. The maximum Gasteiger partial charge on any atom is 0.310 e. The number of amides is 1. The minimum atomic E-state index is -0.238. The second-order valence-electron chi connectivity index (χ2n) is 4.79. The third kappa shape index (κ3) is 2.27. The van der Waals surface area contributed by atoms with E-state index in [2.05, 4.69) is 4.98 Å². The molecule has 1 aromatic carbocycles. The number of rotatable bonds is 2. The lowest BCUT2D eigenvalue weighted by molar-refractivity contribution is -0.144. The molecule has 0 bridgehead atoms. The summed E-state index contributed by atoms with van der Waals surface area (Å²) in [5, 5.41) is 0. The van der Waals surface area contributed by atoms with Crippen molar-refractivity contribution in [3.8, 4) is 0 Å². The van der Waals surface area contributed by atoms with Crippen LogP contribution in [0.2, 0.25) is 0 Å². The van der Waals surface area contributed by atoms with Gasteiger partial charge in [0.05, 0.1) is 28.8 Å². The van der Waals surface area contributed by atoms with E-state index in [-0.39, 0.29) is 17.8 Å². The maximum atomic E-state index is 12.4. The Morgan fingerprint density at radius 3 is 3.10 bits per heavy atom. The van der Waals surface area contributed by atoms with Crippen LogP contribution < -0.4 is 0 Å². The van der Waals surface area contributed by atoms with Gasteiger partial charge in [-0.1, -0.05) is 0 Å². The Kier molecular flexibility index (Phi) is 3.40. The Morgan fingerprint density at radius 1 is 1.45 bits per heavy atom. The number of ether oxygens (including phenoxy) is 1. The minimum Gasteiger partial charge on any atom is -0.469 e. The van der Waals surface area contributed by atoms with Crippen LogP contribution in [0.3, 0.4) is 0 Å². The number of thiazole rings is 1. The Morgan fingerprint density at radius 2 is 2.30 bits per heavy atom. The standard InChI is InChI=1S/C14H14N2O3S/c1-19-14(18)10-4-5-16(7-10)13(17)9-2-3-11-12(6-9)20-8-15-11/h2-3,6,8,10H,4-5,7H2,1H3. The summed E-state index contributed by atoms with van der Waals surface area (Å²) in [6.45, 7) is 1.03. The van der Waals surface area contributed by atoms with E-state index in [1.807, 2.05) is 12.1 Å². The molecule has 1 aliphatic rings. The summed E-state index contributed by atoms with van der Waals surface area (Å²) in [4.78, 5) is 29.8. The van der Waals surface area contributed by atoms with Gasteiger partial charge in [-0.3, -0.25) is 9.59 Å². The summed E-state index contributed by atoms with van der Waals surface area (Å²) in [6.07, 6.45) is 0.668. The van der Waals surface area contributed by atoms with E-state index in [9.17, 15) is 9.59 Å². The molecule has 0 N–H and O–H groups in total. The number of aromatic nitrogens is 1. The van der Waals surface area contributed by atoms with Crippen LogP contribution in [0.4, 0.5) is 0 Å². The van der Waals surface area contributed by atoms with E-state index in [1.165, 1.54) is 18.4 Å². The number of benzene rings is 1. The van der Waals surface area contributed by atoms with Crippen molar-refractivity contribution in [1.82, 2.24) is 9.88 Å². The Hall–Kier alpha value is -1.95. The lowest BCUT2D eigenvalue weighted by Crippen LogP contribution is -2.30. The van der Waals surface area contributed by atoms with Gasteiger partial charge in [-0.05, 0) is 24.6 Å². The molecule has 0 radical (unpaired) electrons. The van der Waals surface area contributed by atoms with E-state index in [0.29, 0.717) is 25.1 Å². The van der Waals surface area contributed by atoms with Gasteiger partial charge in [0.2, 0.25) is 0 Å². The van der Waals surface area contributed by atoms with Crippen molar-refractivity contribution in [1.29, 1.82) is 0 Å². The van der Waals surface area contributed by atoms with Crippen molar-refractivity contribution in [2.24, 2.45) is 5.92 Å². The van der Waals surface area contributed by atoms with Crippen molar-refractivity contribution in [3.63, 3.8) is 0 Å². The second-order valence-corrected chi connectivity index (χ2v) is 5.68. The SMILES string of the molecule is COC(=O)C1CCN(C(=O)c2ccc3ncsc3c2)C1. The molecule has 1 saturated heterocycles. The third-order valence-electron chi connectivity index (χ3n) is 3.59. The number of hydrogen-bond donors (Lipinski definition) is 0. The molecule has 1 atom stereocenters. The molecule has 1 fully saturated rings. The molecule has 1 unspecified atom stereocenters. The fraction of sp³-hybridized carbons (Fsp3) is 0.357. The molecule has 2 heterocycles. The van der Waals surface area contributed by atoms with Gasteiger partial charge in [0, 0.05) is 18.7 Å². The molecule has 3 rings (SSSR count). The summed E-state index contributed by atoms with van der Waals surface area (Å²) >= 11 is 1.51. The average molecular weight is 290 g/mol. The predicted octanol–water partition coefficient (Wildman–Crippen LogP) is 1.93. The van der Waals surface area contributed by atoms with Gasteiger partial charge in [0.15, 0.2) is 0 Å². The summed E-state index contributed by atoms with van der Waals surface area (Å²) in [5.41, 5.74) is 3.31. The molecule has 0 spiro atoms. The van der Waals surface area contributed by atoms with Crippen molar-refractivity contribution in [2.45, 2.75) is 6.42 Å². The first-order chi connectivity index (χ1) is 9.69. The van der Waals surface area contributed by atoms with Gasteiger partial charge < -0.3 is 9.64 Å². The molecule has 0 aliphatic carbocycles. The minimum absolute atomic E-state index is 0.0355. The number of nitrogens with zero attached hydrogens (tertiary/aromatic N) is 2. The second kappa shape index (κ2) is 5.20. The highest BCUT2D eigenvalue weighted by Crippen LogP contribution is 2.23. The van der Waals surface area contributed by atoms with Gasteiger partial charge in [0.1, 0.15) is 0 Å². The van der Waals surface area contributed by atoms with Crippen molar-refractivity contribution in [2.75, 3.05) is 20.2 Å². The van der Waals surface area contributed by atoms with Crippen LogP contribution in [0.1, 0.15) is 16.8 Å². The fourth-order valence-corrected chi connectivity index (χ4v) is 3.19. The fourth-order valence-electron chi connectivity index (χ4n) is 2.47. The highest BCUT2D eigenvalue weighted by Gasteiger charge is 2.32. The van der Waals surface area contributed by atoms with E-state index >= 15 is 0 Å². The van der Waals surface area contributed by atoms with Gasteiger partial charge in [0.25, 0.3) is 5.91 Å². The molecule has 6 heteroatoms. The highest BCUT2D eigenvalue weighted by atomic mass is 32.1. The third-order valence-corrected chi connectivity index (χ3v) is 4.38. The van der Waals surface area contributed by atoms with Crippen molar-refractivity contribution < 1.29 is 14.3 Å². The zero-order valence-corrected chi connectivity index (χ0v) is 11.9. The smallest absolute Gasteiger partial charge is 0.310 e. The van der Waals surface area contributed by atoms with Crippen LogP contribution in [0.5, 0.6) is 0 Å². The summed E-state index contributed by atoms with van der Waals surface area (Å²) in [6, 6.07) is 5.50. The maximum absolute atomic E-state index is 12.4. The van der Waals surface area contributed by atoms with Crippen LogP contribution >= 0.6 is 11.3 Å². The molecular formula is C14H14N2O3S. The first kappa shape index (κ1) is 13.1. The first-order valence-electron chi connectivity index (χ1n) is 6.39. The van der Waals surface area contributed by atoms with Gasteiger partial charge in [-0.15, -0.1) is 11.3 Å². The zero-order chi connectivity index (χ0) is 14.1. The summed E-state index contributed by atoms with van der Waals surface area (Å²) < 4.78 is 5.73. The number of carbonyl (C=O) groups is 2. The molecule has 1 aliphatic heterocycles.